The van der Waals surface area contributed by atoms with Gasteiger partial charge in [0, 0.05) is 6.92 Å². The molecular weight excluding hydrogens is 252 g/mol. The molecule has 0 aromatic carbocycles. The first-order chi connectivity index (χ1) is 8.81. The molecule has 1 amide bonds. The van der Waals surface area contributed by atoms with E-state index in [2.05, 4.69) is 41.4 Å². The molecule has 0 aliphatic carbocycles. The van der Waals surface area contributed by atoms with Gasteiger partial charge in [0.1, 0.15) is 13.8 Å². The SMILES string of the molecule is CC[C@@H](NC(C)=O)c1cccc(C#C[Si](C)(C)C)n1. The second-order valence-corrected chi connectivity index (χ2v) is 10.4. The number of pyridine rings is 1. The van der Waals surface area contributed by atoms with Crippen LogP contribution in [0.3, 0.4) is 0 Å². The average Bonchev–Trinajstić information content (AvgIpc) is 2.33. The van der Waals surface area contributed by atoms with Gasteiger partial charge in [0.15, 0.2) is 0 Å². The van der Waals surface area contributed by atoms with E-state index in [4.69, 9.17) is 0 Å². The van der Waals surface area contributed by atoms with E-state index in [-0.39, 0.29) is 11.9 Å². The Morgan fingerprint density at radius 3 is 2.63 bits per heavy atom. The average molecular weight is 274 g/mol. The molecule has 0 fully saturated rings. The van der Waals surface area contributed by atoms with Gasteiger partial charge in [0.05, 0.1) is 11.7 Å². The Balaban J connectivity index is 2.98. The molecule has 19 heavy (non-hydrogen) atoms. The lowest BCUT2D eigenvalue weighted by Gasteiger charge is -2.15. The molecule has 0 aliphatic rings. The topological polar surface area (TPSA) is 42.0 Å². The van der Waals surface area contributed by atoms with Crippen LogP contribution in [-0.4, -0.2) is 19.0 Å². The number of carbonyl (C=O) groups excluding carboxylic acids is 1. The summed E-state index contributed by atoms with van der Waals surface area (Å²) in [6.45, 7) is 10.2. The first-order valence-electron chi connectivity index (χ1n) is 6.59. The van der Waals surface area contributed by atoms with Gasteiger partial charge in [-0.2, -0.15) is 0 Å². The van der Waals surface area contributed by atoms with Crippen molar-refractivity contribution in [3.63, 3.8) is 0 Å². The minimum absolute atomic E-state index is 0.0350. The molecule has 4 heteroatoms. The van der Waals surface area contributed by atoms with Crippen LogP contribution in [0.25, 0.3) is 0 Å². The molecule has 1 aromatic heterocycles. The van der Waals surface area contributed by atoms with Gasteiger partial charge >= 0.3 is 0 Å². The molecule has 0 saturated heterocycles. The zero-order valence-electron chi connectivity index (χ0n) is 12.4. The van der Waals surface area contributed by atoms with Crippen molar-refractivity contribution in [1.29, 1.82) is 0 Å². The summed E-state index contributed by atoms with van der Waals surface area (Å²) in [5.41, 5.74) is 4.96. The second kappa shape index (κ2) is 6.53. The van der Waals surface area contributed by atoms with Crippen LogP contribution in [0.5, 0.6) is 0 Å². The number of nitrogens with one attached hydrogen (secondary N) is 1. The Morgan fingerprint density at radius 1 is 1.42 bits per heavy atom. The van der Waals surface area contributed by atoms with Gasteiger partial charge in [-0.05, 0) is 18.6 Å². The van der Waals surface area contributed by atoms with E-state index in [1.54, 1.807) is 0 Å². The largest absolute Gasteiger partial charge is 0.348 e. The van der Waals surface area contributed by atoms with Gasteiger partial charge in [0.2, 0.25) is 5.91 Å². The first-order valence-corrected chi connectivity index (χ1v) is 10.1. The summed E-state index contributed by atoms with van der Waals surface area (Å²) >= 11 is 0. The molecule has 0 bridgehead atoms. The highest BCUT2D eigenvalue weighted by Crippen LogP contribution is 2.14. The lowest BCUT2D eigenvalue weighted by molar-refractivity contribution is -0.119. The molecular formula is C15H22N2OSi. The van der Waals surface area contributed by atoms with E-state index in [9.17, 15) is 4.79 Å². The Labute approximate surface area is 116 Å². The lowest BCUT2D eigenvalue weighted by atomic mass is 10.1. The van der Waals surface area contributed by atoms with E-state index in [1.165, 1.54) is 6.92 Å². The highest BCUT2D eigenvalue weighted by molar-refractivity contribution is 6.83. The summed E-state index contributed by atoms with van der Waals surface area (Å²) in [5, 5.41) is 2.90. The minimum Gasteiger partial charge on any atom is -0.348 e. The second-order valence-electron chi connectivity index (χ2n) is 5.61. The van der Waals surface area contributed by atoms with Crippen molar-refractivity contribution in [2.45, 2.75) is 46.0 Å². The third-order valence-electron chi connectivity index (χ3n) is 2.48. The summed E-state index contributed by atoms with van der Waals surface area (Å²) in [5.74, 6) is 3.11. The fourth-order valence-electron chi connectivity index (χ4n) is 1.60. The number of rotatable bonds is 3. The zero-order valence-corrected chi connectivity index (χ0v) is 13.4. The van der Waals surface area contributed by atoms with E-state index >= 15 is 0 Å². The van der Waals surface area contributed by atoms with E-state index in [0.717, 1.165) is 17.8 Å². The standard InChI is InChI=1S/C15H22N2OSi/c1-6-14(16-12(2)18)15-9-7-8-13(17-15)10-11-19(3,4)5/h7-9,14H,6H2,1-5H3,(H,16,18)/t14-/m1/s1. The molecule has 1 rings (SSSR count). The number of hydrogen-bond donors (Lipinski definition) is 1. The molecule has 0 spiro atoms. The van der Waals surface area contributed by atoms with Crippen molar-refractivity contribution in [3.8, 4) is 11.5 Å². The monoisotopic (exact) mass is 274 g/mol. The maximum Gasteiger partial charge on any atom is 0.217 e. The number of aromatic nitrogens is 1. The summed E-state index contributed by atoms with van der Waals surface area (Å²) in [6, 6.07) is 5.76. The highest BCUT2D eigenvalue weighted by atomic mass is 28.3. The summed E-state index contributed by atoms with van der Waals surface area (Å²) in [4.78, 5) is 15.7. The maximum atomic E-state index is 11.2. The summed E-state index contributed by atoms with van der Waals surface area (Å²) in [7, 11) is -1.39. The number of nitrogens with zero attached hydrogens (tertiary/aromatic N) is 1. The first kappa shape index (κ1) is 15.5. The molecule has 102 valence electrons. The zero-order chi connectivity index (χ0) is 14.5. The molecule has 1 aromatic rings. The fraction of sp³-hybridized carbons (Fsp3) is 0.467. The van der Waals surface area contributed by atoms with Crippen LogP contribution in [0.4, 0.5) is 0 Å². The van der Waals surface area contributed by atoms with Crippen LogP contribution < -0.4 is 5.32 Å². The van der Waals surface area contributed by atoms with Gasteiger partial charge in [-0.1, -0.05) is 38.6 Å². The molecule has 1 atom stereocenters. The van der Waals surface area contributed by atoms with Gasteiger partial charge in [-0.25, -0.2) is 4.98 Å². The van der Waals surface area contributed by atoms with Crippen molar-refractivity contribution < 1.29 is 4.79 Å². The minimum atomic E-state index is -1.39. The van der Waals surface area contributed by atoms with Gasteiger partial charge in [-0.15, -0.1) is 5.54 Å². The molecule has 0 radical (unpaired) electrons. The van der Waals surface area contributed by atoms with Crippen LogP contribution in [-0.2, 0) is 4.79 Å². The van der Waals surface area contributed by atoms with Crippen molar-refractivity contribution in [2.24, 2.45) is 0 Å². The third-order valence-corrected chi connectivity index (χ3v) is 3.35. The van der Waals surface area contributed by atoms with Crippen molar-refractivity contribution >= 4 is 14.0 Å². The maximum absolute atomic E-state index is 11.2. The predicted molar refractivity (Wildman–Crippen MR) is 81.3 cm³/mol. The molecule has 0 saturated carbocycles. The predicted octanol–water partition coefficient (Wildman–Crippen LogP) is 2.90. The number of carbonyl (C=O) groups is 1. The summed E-state index contributed by atoms with van der Waals surface area (Å²) in [6.07, 6.45) is 0.817. The smallest absolute Gasteiger partial charge is 0.217 e. The van der Waals surface area contributed by atoms with Gasteiger partial charge in [-0.3, -0.25) is 4.79 Å². The van der Waals surface area contributed by atoms with Gasteiger partial charge in [0.25, 0.3) is 0 Å². The van der Waals surface area contributed by atoms with Crippen LogP contribution in [0.15, 0.2) is 18.2 Å². The molecule has 3 nitrogen and oxygen atoms in total. The molecule has 1 heterocycles. The van der Waals surface area contributed by atoms with E-state index < -0.39 is 8.07 Å². The van der Waals surface area contributed by atoms with E-state index in [1.807, 2.05) is 25.1 Å². The molecule has 0 unspecified atom stereocenters. The van der Waals surface area contributed by atoms with Crippen molar-refractivity contribution in [2.75, 3.05) is 0 Å². The van der Waals surface area contributed by atoms with Crippen LogP contribution in [0.1, 0.15) is 37.7 Å². The Kier molecular flexibility index (Phi) is 5.31. The fourth-order valence-corrected chi connectivity index (χ4v) is 2.10. The van der Waals surface area contributed by atoms with Gasteiger partial charge < -0.3 is 5.32 Å². The molecule has 1 N–H and O–H groups in total. The quantitative estimate of drug-likeness (QED) is 0.680. The Bertz CT molecular complexity index is 509. The Hall–Kier alpha value is -1.60. The van der Waals surface area contributed by atoms with E-state index in [0.29, 0.717) is 0 Å². The number of hydrogen-bond acceptors (Lipinski definition) is 2. The van der Waals surface area contributed by atoms with Crippen molar-refractivity contribution in [3.05, 3.63) is 29.6 Å². The van der Waals surface area contributed by atoms with Crippen molar-refractivity contribution in [1.82, 2.24) is 10.3 Å². The summed E-state index contributed by atoms with van der Waals surface area (Å²) < 4.78 is 0. The number of amides is 1. The lowest BCUT2D eigenvalue weighted by Crippen LogP contribution is -2.26. The van der Waals surface area contributed by atoms with Crippen LogP contribution in [0.2, 0.25) is 19.6 Å². The molecule has 0 aliphatic heterocycles. The Morgan fingerprint density at radius 2 is 2.11 bits per heavy atom. The highest BCUT2D eigenvalue weighted by Gasteiger charge is 2.12. The third kappa shape index (κ3) is 5.71. The van der Waals surface area contributed by atoms with Crippen LogP contribution in [0, 0.1) is 11.5 Å². The van der Waals surface area contributed by atoms with Crippen LogP contribution >= 0.6 is 0 Å². The normalized spacial score (nSPS) is 12.3.